The monoisotopic (exact) mass is 410 g/mol. The number of ether oxygens (including phenoxy) is 1. The molecule has 154 valence electrons. The van der Waals surface area contributed by atoms with E-state index in [-0.39, 0.29) is 19.6 Å². The van der Waals surface area contributed by atoms with Crippen LogP contribution >= 0.6 is 11.6 Å². The van der Waals surface area contributed by atoms with Crippen molar-refractivity contribution in [1.82, 2.24) is 0 Å². The highest BCUT2D eigenvalue weighted by Gasteiger charge is 2.64. The molecule has 0 unspecified atom stereocenters. The third-order valence-electron chi connectivity index (χ3n) is 5.97. The summed E-state index contributed by atoms with van der Waals surface area (Å²) in [6.07, 6.45) is 0.161. The van der Waals surface area contributed by atoms with Crippen LogP contribution in [0.2, 0.25) is 5.02 Å². The number of nitrogens with zero attached hydrogens (tertiary/aromatic N) is 1. The molecule has 0 radical (unpaired) electrons. The first-order chi connectivity index (χ1) is 13.2. The summed E-state index contributed by atoms with van der Waals surface area (Å²) < 4.78 is 5.55. The van der Waals surface area contributed by atoms with Crippen LogP contribution in [0.4, 0.5) is 0 Å². The summed E-state index contributed by atoms with van der Waals surface area (Å²) in [5, 5.41) is 20.8. The Morgan fingerprint density at radius 2 is 1.93 bits per heavy atom. The van der Waals surface area contributed by atoms with Crippen LogP contribution in [0.15, 0.2) is 29.3 Å². The van der Waals surface area contributed by atoms with E-state index in [1.54, 1.807) is 38.1 Å². The first kappa shape index (κ1) is 22.3. The van der Waals surface area contributed by atoms with E-state index in [2.05, 4.69) is 4.99 Å². The smallest absolute Gasteiger partial charge is 0.315 e. The summed E-state index contributed by atoms with van der Waals surface area (Å²) in [5.41, 5.74) is 3.26. The van der Waals surface area contributed by atoms with E-state index in [4.69, 9.17) is 22.1 Å². The first-order valence-corrected chi connectivity index (χ1v) is 9.59. The molecule has 0 amide bonds. The van der Waals surface area contributed by atoms with Gasteiger partial charge in [0.2, 0.25) is 0 Å². The van der Waals surface area contributed by atoms with Crippen LogP contribution in [0.5, 0.6) is 0 Å². The predicted octanol–water partition coefficient (Wildman–Crippen LogP) is 2.81. The van der Waals surface area contributed by atoms with Crippen LogP contribution < -0.4 is 5.73 Å². The third-order valence-corrected chi connectivity index (χ3v) is 6.31. The molecule has 1 aromatic rings. The quantitative estimate of drug-likeness (QED) is 0.566. The van der Waals surface area contributed by atoms with Gasteiger partial charge < -0.3 is 20.7 Å². The van der Waals surface area contributed by atoms with Crippen LogP contribution in [0.3, 0.4) is 0 Å². The molecular weight excluding hydrogens is 384 g/mol. The largest absolute Gasteiger partial charge is 0.481 e. The van der Waals surface area contributed by atoms with Crippen LogP contribution in [0.25, 0.3) is 0 Å². The first-order valence-electron chi connectivity index (χ1n) is 9.21. The number of halogens is 1. The number of aliphatic carboxylic acids is 2. The van der Waals surface area contributed by atoms with Gasteiger partial charge in [-0.3, -0.25) is 14.6 Å². The van der Waals surface area contributed by atoms with Crippen LogP contribution in [0, 0.1) is 10.8 Å². The molecule has 0 saturated carbocycles. The molecule has 8 heteroatoms. The van der Waals surface area contributed by atoms with E-state index in [1.807, 2.05) is 0 Å². The maximum Gasteiger partial charge on any atom is 0.315 e. The van der Waals surface area contributed by atoms with E-state index in [9.17, 15) is 19.8 Å². The molecule has 0 fully saturated rings. The van der Waals surface area contributed by atoms with Crippen molar-refractivity contribution in [3.63, 3.8) is 0 Å². The number of carboxylic acid groups (broad SMARTS) is 2. The standard InChI is InChI=1S/C20H27ClN2O5/c1-4-20(18(26)27)15(11-28-10-9-22)23-12(2)19(3,17(24)25)16(20)13-7-5-6-8-14(13)21/h5-8,15-16H,4,9-11,22H2,1-3H3,(H,24,25)(H,26,27)/t15-,16-,19-,20-/m0/s1. The number of carbonyl (C=O) groups is 2. The number of hydrogen-bond donors (Lipinski definition) is 3. The lowest BCUT2D eigenvalue weighted by Gasteiger charge is -2.51. The lowest BCUT2D eigenvalue weighted by Crippen LogP contribution is -2.60. The number of benzene rings is 1. The van der Waals surface area contributed by atoms with Gasteiger partial charge in [0, 0.05) is 23.2 Å². The molecule has 0 aliphatic carbocycles. The summed E-state index contributed by atoms with van der Waals surface area (Å²) in [6.45, 7) is 5.46. The normalized spacial score (nSPS) is 30.0. The summed E-state index contributed by atoms with van der Waals surface area (Å²) in [5.74, 6) is -3.19. The number of nitrogens with two attached hydrogens (primary N) is 1. The minimum Gasteiger partial charge on any atom is -0.481 e. The minimum absolute atomic E-state index is 0.0331. The molecule has 28 heavy (non-hydrogen) atoms. The van der Waals surface area contributed by atoms with Crippen molar-refractivity contribution in [2.75, 3.05) is 19.8 Å². The highest BCUT2D eigenvalue weighted by atomic mass is 35.5. The van der Waals surface area contributed by atoms with Gasteiger partial charge >= 0.3 is 11.9 Å². The van der Waals surface area contributed by atoms with Crippen molar-refractivity contribution in [3.05, 3.63) is 34.9 Å². The van der Waals surface area contributed by atoms with E-state index in [0.717, 1.165) is 0 Å². The van der Waals surface area contributed by atoms with Gasteiger partial charge in [-0.15, -0.1) is 0 Å². The fraction of sp³-hybridized carbons (Fsp3) is 0.550. The second-order valence-corrected chi connectivity index (χ2v) is 7.66. The molecular formula is C20H27ClN2O5. The highest BCUT2D eigenvalue weighted by molar-refractivity contribution is 6.31. The van der Waals surface area contributed by atoms with Crippen LogP contribution in [-0.2, 0) is 14.3 Å². The molecule has 1 aliphatic heterocycles. The van der Waals surface area contributed by atoms with Crippen LogP contribution in [-0.4, -0.2) is 53.7 Å². The van der Waals surface area contributed by atoms with Gasteiger partial charge in [-0.2, -0.15) is 0 Å². The predicted molar refractivity (Wildman–Crippen MR) is 107 cm³/mol. The second kappa shape index (κ2) is 8.59. The van der Waals surface area contributed by atoms with Gasteiger partial charge in [0.05, 0.1) is 19.3 Å². The molecule has 4 atom stereocenters. The molecule has 0 spiro atoms. The average Bonchev–Trinajstić information content (AvgIpc) is 2.64. The summed E-state index contributed by atoms with van der Waals surface area (Å²) in [6, 6.07) is 6.02. The van der Waals surface area contributed by atoms with Crippen molar-refractivity contribution in [1.29, 1.82) is 0 Å². The number of carboxylic acids is 2. The Balaban J connectivity index is 2.82. The molecule has 1 aromatic carbocycles. The molecule has 0 bridgehead atoms. The number of rotatable bonds is 8. The molecule has 4 N–H and O–H groups in total. The van der Waals surface area contributed by atoms with Crippen LogP contribution in [0.1, 0.15) is 38.7 Å². The zero-order valence-corrected chi connectivity index (χ0v) is 17.1. The Labute approximate surface area is 169 Å². The maximum atomic E-state index is 12.7. The Bertz CT molecular complexity index is 784. The maximum absolute atomic E-state index is 12.7. The fourth-order valence-corrected chi connectivity index (χ4v) is 4.54. The van der Waals surface area contributed by atoms with Gasteiger partial charge in [0.15, 0.2) is 0 Å². The molecule has 0 aromatic heterocycles. The molecule has 7 nitrogen and oxygen atoms in total. The van der Waals surface area contributed by atoms with Crippen molar-refractivity contribution < 1.29 is 24.5 Å². The lowest BCUT2D eigenvalue weighted by atomic mass is 9.53. The zero-order valence-electron chi connectivity index (χ0n) is 16.3. The van der Waals surface area contributed by atoms with Gasteiger partial charge in [-0.1, -0.05) is 36.7 Å². The zero-order chi connectivity index (χ0) is 21.1. The Kier molecular flexibility index (Phi) is 6.85. The van der Waals surface area contributed by atoms with Gasteiger partial charge in [-0.25, -0.2) is 0 Å². The Morgan fingerprint density at radius 1 is 1.29 bits per heavy atom. The van der Waals surface area contributed by atoms with Crippen molar-refractivity contribution in [2.45, 2.75) is 39.2 Å². The van der Waals surface area contributed by atoms with E-state index < -0.39 is 34.7 Å². The van der Waals surface area contributed by atoms with Gasteiger partial charge in [-0.05, 0) is 31.9 Å². The molecule has 2 rings (SSSR count). The average molecular weight is 411 g/mol. The van der Waals surface area contributed by atoms with Crippen molar-refractivity contribution in [2.24, 2.45) is 21.6 Å². The second-order valence-electron chi connectivity index (χ2n) is 7.25. The Morgan fingerprint density at radius 3 is 2.43 bits per heavy atom. The Hall–Kier alpha value is -1.96. The highest BCUT2D eigenvalue weighted by Crippen LogP contribution is 2.57. The molecule has 1 aliphatic rings. The summed E-state index contributed by atoms with van der Waals surface area (Å²) >= 11 is 6.43. The molecule has 1 heterocycles. The minimum atomic E-state index is -1.54. The topological polar surface area (TPSA) is 122 Å². The number of aliphatic imine (C=N–C) groups is 1. The van der Waals surface area contributed by atoms with E-state index in [0.29, 0.717) is 22.8 Å². The summed E-state index contributed by atoms with van der Waals surface area (Å²) in [4.78, 5) is 29.6. The third kappa shape index (κ3) is 3.43. The van der Waals surface area contributed by atoms with Crippen molar-refractivity contribution in [3.8, 4) is 0 Å². The molecule has 0 saturated heterocycles. The fourth-order valence-electron chi connectivity index (χ4n) is 4.30. The van der Waals surface area contributed by atoms with Gasteiger partial charge in [0.25, 0.3) is 0 Å². The van der Waals surface area contributed by atoms with E-state index >= 15 is 0 Å². The number of hydrogen-bond acceptors (Lipinski definition) is 5. The van der Waals surface area contributed by atoms with Gasteiger partial charge in [0.1, 0.15) is 10.8 Å². The SMILES string of the molecule is CC[C@]1(C(=O)O)[C@H](COCCN)N=C(C)[C@](C)(C(=O)O)[C@@H]1c1ccccc1Cl. The van der Waals surface area contributed by atoms with Crippen molar-refractivity contribution >= 4 is 29.3 Å². The lowest BCUT2D eigenvalue weighted by molar-refractivity contribution is -0.161. The summed E-state index contributed by atoms with van der Waals surface area (Å²) in [7, 11) is 0. The van der Waals surface area contributed by atoms with E-state index in [1.165, 1.54) is 6.92 Å².